The van der Waals surface area contributed by atoms with Gasteiger partial charge >= 0.3 is 0 Å². The van der Waals surface area contributed by atoms with Crippen LogP contribution in [0.3, 0.4) is 0 Å². The largest absolute Gasteiger partial charge is 0.324 e. The van der Waals surface area contributed by atoms with E-state index in [0.29, 0.717) is 18.0 Å². The van der Waals surface area contributed by atoms with Gasteiger partial charge in [0.25, 0.3) is 0 Å². The van der Waals surface area contributed by atoms with E-state index in [2.05, 4.69) is 26.2 Å². The Morgan fingerprint density at radius 3 is 2.79 bits per heavy atom. The van der Waals surface area contributed by atoms with Crippen molar-refractivity contribution in [2.45, 2.75) is 18.9 Å². The zero-order valence-electron chi connectivity index (χ0n) is 10.2. The number of thiazole rings is 1. The fourth-order valence-corrected chi connectivity index (χ4v) is 2.77. The van der Waals surface area contributed by atoms with E-state index in [1.54, 1.807) is 6.20 Å². The summed E-state index contributed by atoms with van der Waals surface area (Å²) in [5.41, 5.74) is 7.09. The van der Waals surface area contributed by atoms with Gasteiger partial charge in [0.05, 0.1) is 9.98 Å². The van der Waals surface area contributed by atoms with E-state index in [9.17, 15) is 4.79 Å². The topological polar surface area (TPSA) is 68.0 Å². The molecular formula is C13H14BrN3OS. The lowest BCUT2D eigenvalue weighted by Gasteiger charge is -2.11. The van der Waals surface area contributed by atoms with Crippen molar-refractivity contribution in [2.75, 3.05) is 5.32 Å². The normalized spacial score (nSPS) is 12.1. The van der Waals surface area contributed by atoms with Crippen LogP contribution in [0.15, 0.2) is 40.3 Å². The van der Waals surface area contributed by atoms with Crippen LogP contribution in [0.25, 0.3) is 0 Å². The molecule has 1 unspecified atom stereocenters. The minimum atomic E-state index is -0.116. The first-order valence-electron chi connectivity index (χ1n) is 5.87. The molecule has 0 aliphatic rings. The Balaban J connectivity index is 1.80. The molecule has 0 saturated heterocycles. The molecular weight excluding hydrogens is 326 g/mol. The molecule has 2 rings (SSSR count). The number of benzene rings is 1. The molecule has 19 heavy (non-hydrogen) atoms. The highest BCUT2D eigenvalue weighted by atomic mass is 79.9. The Labute approximate surface area is 124 Å². The van der Waals surface area contributed by atoms with E-state index in [0.717, 1.165) is 9.35 Å². The first kappa shape index (κ1) is 14.2. The molecule has 0 spiro atoms. The zero-order valence-corrected chi connectivity index (χ0v) is 12.6. The number of carbonyl (C=O) groups excluding carboxylic acids is 1. The number of halogens is 1. The van der Waals surface area contributed by atoms with Crippen molar-refractivity contribution in [2.24, 2.45) is 5.73 Å². The maximum Gasteiger partial charge on any atom is 0.226 e. The van der Waals surface area contributed by atoms with Gasteiger partial charge in [0.15, 0.2) is 5.13 Å². The number of anilines is 1. The van der Waals surface area contributed by atoms with E-state index < -0.39 is 0 Å². The molecule has 4 nitrogen and oxygen atoms in total. The summed E-state index contributed by atoms with van der Waals surface area (Å²) in [5.74, 6) is -0.0618. The van der Waals surface area contributed by atoms with Gasteiger partial charge in [-0.05, 0) is 27.9 Å². The van der Waals surface area contributed by atoms with E-state index in [1.165, 1.54) is 11.3 Å². The molecule has 6 heteroatoms. The standard InChI is InChI=1S/C13H14BrN3OS/c14-11-8-16-13(19-11)17-12(18)7-6-10(15)9-4-2-1-3-5-9/h1-5,8,10H,6-7,15H2,(H,16,17,18). The molecule has 1 aromatic heterocycles. The minimum absolute atomic E-state index is 0.0618. The summed E-state index contributed by atoms with van der Waals surface area (Å²) in [6.45, 7) is 0. The number of nitrogens with zero attached hydrogens (tertiary/aromatic N) is 1. The highest BCUT2D eigenvalue weighted by Gasteiger charge is 2.10. The highest BCUT2D eigenvalue weighted by molar-refractivity contribution is 9.11. The summed E-state index contributed by atoms with van der Waals surface area (Å²) in [5, 5.41) is 3.35. The van der Waals surface area contributed by atoms with Gasteiger partial charge in [-0.25, -0.2) is 4.98 Å². The van der Waals surface area contributed by atoms with Crippen LogP contribution in [-0.2, 0) is 4.79 Å². The molecule has 100 valence electrons. The molecule has 0 fully saturated rings. The second-order valence-corrected chi connectivity index (χ2v) is 6.48. The second-order valence-electron chi connectivity index (χ2n) is 4.07. The van der Waals surface area contributed by atoms with Crippen LogP contribution in [0.5, 0.6) is 0 Å². The summed E-state index contributed by atoms with van der Waals surface area (Å²) in [4.78, 5) is 15.8. The predicted octanol–water partition coefficient (Wildman–Crippen LogP) is 3.32. The van der Waals surface area contributed by atoms with Gasteiger partial charge in [0.2, 0.25) is 5.91 Å². The SMILES string of the molecule is NC(CCC(=O)Nc1ncc(Br)s1)c1ccccc1. The van der Waals surface area contributed by atoms with Gasteiger partial charge in [0, 0.05) is 12.5 Å². The lowest BCUT2D eigenvalue weighted by atomic mass is 10.0. The van der Waals surface area contributed by atoms with E-state index in [4.69, 9.17) is 5.73 Å². The van der Waals surface area contributed by atoms with Crippen LogP contribution < -0.4 is 11.1 Å². The van der Waals surface area contributed by atoms with Gasteiger partial charge in [-0.1, -0.05) is 41.7 Å². The van der Waals surface area contributed by atoms with Crippen LogP contribution in [0.1, 0.15) is 24.4 Å². The van der Waals surface area contributed by atoms with Crippen LogP contribution in [-0.4, -0.2) is 10.9 Å². The third-order valence-electron chi connectivity index (χ3n) is 2.63. The Kier molecular flexibility index (Phi) is 5.07. The number of amides is 1. The number of hydrogen-bond acceptors (Lipinski definition) is 4. The Hall–Kier alpha value is -1.24. The van der Waals surface area contributed by atoms with Gasteiger partial charge in [0.1, 0.15) is 0 Å². The first-order valence-corrected chi connectivity index (χ1v) is 7.48. The summed E-state index contributed by atoms with van der Waals surface area (Å²) in [6, 6.07) is 9.67. The zero-order chi connectivity index (χ0) is 13.7. The van der Waals surface area contributed by atoms with Crippen molar-refractivity contribution < 1.29 is 4.79 Å². The Morgan fingerprint density at radius 2 is 2.16 bits per heavy atom. The molecule has 0 saturated carbocycles. The van der Waals surface area contributed by atoms with Crippen molar-refractivity contribution in [1.82, 2.24) is 4.98 Å². The Morgan fingerprint density at radius 1 is 1.42 bits per heavy atom. The smallest absolute Gasteiger partial charge is 0.226 e. The minimum Gasteiger partial charge on any atom is -0.324 e. The molecule has 1 amide bonds. The second kappa shape index (κ2) is 6.79. The predicted molar refractivity (Wildman–Crippen MR) is 81.0 cm³/mol. The fourth-order valence-electron chi connectivity index (χ4n) is 1.65. The summed E-state index contributed by atoms with van der Waals surface area (Å²) in [6.07, 6.45) is 2.66. The molecule has 3 N–H and O–H groups in total. The number of hydrogen-bond donors (Lipinski definition) is 2. The van der Waals surface area contributed by atoms with Crippen LogP contribution in [0, 0.1) is 0 Å². The third-order valence-corrected chi connectivity index (χ3v) is 4.03. The summed E-state index contributed by atoms with van der Waals surface area (Å²) < 4.78 is 0.892. The quantitative estimate of drug-likeness (QED) is 0.877. The molecule has 2 aromatic rings. The van der Waals surface area contributed by atoms with Gasteiger partial charge in [-0.15, -0.1) is 0 Å². The van der Waals surface area contributed by atoms with Crippen molar-refractivity contribution in [3.05, 3.63) is 45.9 Å². The number of carbonyl (C=O) groups is 1. The van der Waals surface area contributed by atoms with Crippen molar-refractivity contribution in [3.8, 4) is 0 Å². The first-order chi connectivity index (χ1) is 9.15. The maximum atomic E-state index is 11.7. The summed E-state index contributed by atoms with van der Waals surface area (Å²) in [7, 11) is 0. The molecule has 1 atom stereocenters. The number of aromatic nitrogens is 1. The van der Waals surface area contributed by atoms with Gasteiger partial charge in [-0.2, -0.15) is 0 Å². The lowest BCUT2D eigenvalue weighted by molar-refractivity contribution is -0.116. The monoisotopic (exact) mass is 339 g/mol. The van der Waals surface area contributed by atoms with E-state index in [1.807, 2.05) is 30.3 Å². The number of rotatable bonds is 5. The van der Waals surface area contributed by atoms with Crippen LogP contribution in [0.2, 0.25) is 0 Å². The van der Waals surface area contributed by atoms with Crippen LogP contribution in [0.4, 0.5) is 5.13 Å². The average molecular weight is 340 g/mol. The van der Waals surface area contributed by atoms with E-state index in [-0.39, 0.29) is 11.9 Å². The van der Waals surface area contributed by atoms with Gasteiger partial charge < -0.3 is 11.1 Å². The van der Waals surface area contributed by atoms with Crippen LogP contribution >= 0.6 is 27.3 Å². The fraction of sp³-hybridized carbons (Fsp3) is 0.231. The molecule has 0 bridgehead atoms. The van der Waals surface area contributed by atoms with Gasteiger partial charge in [-0.3, -0.25) is 4.79 Å². The van der Waals surface area contributed by atoms with Crippen molar-refractivity contribution in [3.63, 3.8) is 0 Å². The molecule has 0 aliphatic heterocycles. The molecule has 0 aliphatic carbocycles. The van der Waals surface area contributed by atoms with Crippen molar-refractivity contribution >= 4 is 38.3 Å². The highest BCUT2D eigenvalue weighted by Crippen LogP contribution is 2.23. The number of nitrogens with two attached hydrogens (primary N) is 1. The maximum absolute atomic E-state index is 11.7. The molecule has 1 heterocycles. The third kappa shape index (κ3) is 4.41. The lowest BCUT2D eigenvalue weighted by Crippen LogP contribution is -2.16. The average Bonchev–Trinajstić information content (AvgIpc) is 2.82. The summed E-state index contributed by atoms with van der Waals surface area (Å²) >= 11 is 4.69. The Bertz CT molecular complexity index is 544. The van der Waals surface area contributed by atoms with Crippen molar-refractivity contribution in [1.29, 1.82) is 0 Å². The molecule has 0 radical (unpaired) electrons. The van der Waals surface area contributed by atoms with E-state index >= 15 is 0 Å². The number of nitrogens with one attached hydrogen (secondary N) is 1. The molecule has 1 aromatic carbocycles.